The lowest BCUT2D eigenvalue weighted by Crippen LogP contribution is -2.33. The first kappa shape index (κ1) is 8.24. The molecule has 1 N–H and O–H groups in total. The third kappa shape index (κ3) is 1.04. The Morgan fingerprint density at radius 1 is 1.54 bits per heavy atom. The molecule has 0 unspecified atom stereocenters. The number of hydrogen-bond acceptors (Lipinski definition) is 3. The van der Waals surface area contributed by atoms with Crippen molar-refractivity contribution < 1.29 is 0 Å². The van der Waals surface area contributed by atoms with E-state index in [0.29, 0.717) is 0 Å². The van der Waals surface area contributed by atoms with Crippen LogP contribution in [0.1, 0.15) is 37.6 Å². The molecule has 0 radical (unpaired) electrons. The molecule has 4 heteroatoms. The van der Waals surface area contributed by atoms with Gasteiger partial charge in [0.25, 0.3) is 0 Å². The molecule has 0 amide bonds. The Kier molecular flexibility index (Phi) is 1.80. The quantitative estimate of drug-likeness (QED) is 0.738. The summed E-state index contributed by atoms with van der Waals surface area (Å²) >= 11 is 0. The Morgan fingerprint density at radius 3 is 2.77 bits per heavy atom. The zero-order valence-corrected chi connectivity index (χ0v) is 7.67. The summed E-state index contributed by atoms with van der Waals surface area (Å²) in [7, 11) is 0. The van der Waals surface area contributed by atoms with Crippen LogP contribution in [0.2, 0.25) is 0 Å². The second-order valence-electron chi connectivity index (χ2n) is 3.52. The van der Waals surface area contributed by atoms with E-state index in [1.807, 2.05) is 6.92 Å². The first-order chi connectivity index (χ1) is 6.32. The second-order valence-corrected chi connectivity index (χ2v) is 3.52. The Hall–Kier alpha value is -1.37. The summed E-state index contributed by atoms with van der Waals surface area (Å²) in [5.74, 6) is 0. The molecule has 1 aliphatic carbocycles. The SMILES string of the molecule is CCc1n[nH]nc1C1(C#N)CCC1. The van der Waals surface area contributed by atoms with Gasteiger partial charge in [-0.05, 0) is 25.7 Å². The Bertz CT molecular complexity index is 343. The van der Waals surface area contributed by atoms with Crippen molar-refractivity contribution >= 4 is 0 Å². The van der Waals surface area contributed by atoms with Crippen molar-refractivity contribution in [3.05, 3.63) is 11.4 Å². The fourth-order valence-electron chi connectivity index (χ4n) is 1.81. The van der Waals surface area contributed by atoms with Crippen LogP contribution >= 0.6 is 0 Å². The lowest BCUT2D eigenvalue weighted by molar-refractivity contribution is 0.314. The molecule has 0 bridgehead atoms. The van der Waals surface area contributed by atoms with Crippen LogP contribution in [0.15, 0.2) is 0 Å². The van der Waals surface area contributed by atoms with E-state index in [9.17, 15) is 0 Å². The molecule has 0 aromatic carbocycles. The number of rotatable bonds is 2. The normalized spacial score (nSPS) is 19.1. The first-order valence-electron chi connectivity index (χ1n) is 4.64. The standard InChI is InChI=1S/C9H12N4/c1-2-7-8(12-13-11-7)9(6-10)4-3-5-9/h2-5H2,1H3,(H,11,12,13). The number of aryl methyl sites for hydroxylation is 1. The van der Waals surface area contributed by atoms with Crippen molar-refractivity contribution in [3.63, 3.8) is 0 Å². The van der Waals surface area contributed by atoms with Gasteiger partial charge in [0.05, 0.1) is 11.8 Å². The summed E-state index contributed by atoms with van der Waals surface area (Å²) in [6, 6.07) is 2.37. The monoisotopic (exact) mass is 176 g/mol. The molecule has 1 aromatic heterocycles. The molecule has 13 heavy (non-hydrogen) atoms. The smallest absolute Gasteiger partial charge is 0.106 e. The van der Waals surface area contributed by atoms with Gasteiger partial charge in [-0.25, -0.2) is 0 Å². The van der Waals surface area contributed by atoms with Gasteiger partial charge < -0.3 is 0 Å². The third-order valence-corrected chi connectivity index (χ3v) is 2.83. The molecule has 1 saturated carbocycles. The van der Waals surface area contributed by atoms with Crippen molar-refractivity contribution in [2.24, 2.45) is 0 Å². The highest BCUT2D eigenvalue weighted by molar-refractivity contribution is 5.32. The summed E-state index contributed by atoms with van der Waals surface area (Å²) in [6.45, 7) is 2.03. The van der Waals surface area contributed by atoms with Crippen LogP contribution in [0, 0.1) is 11.3 Å². The van der Waals surface area contributed by atoms with Crippen LogP contribution in [-0.4, -0.2) is 15.4 Å². The molecule has 0 atom stereocenters. The zero-order valence-electron chi connectivity index (χ0n) is 7.67. The van der Waals surface area contributed by atoms with Crippen molar-refractivity contribution in [3.8, 4) is 6.07 Å². The molecule has 1 aliphatic rings. The molecule has 68 valence electrons. The molecule has 1 aromatic rings. The molecular weight excluding hydrogens is 164 g/mol. The molecule has 0 spiro atoms. The van der Waals surface area contributed by atoms with Gasteiger partial charge in [-0.3, -0.25) is 0 Å². The number of nitrogens with zero attached hydrogens (tertiary/aromatic N) is 3. The molecule has 0 saturated heterocycles. The predicted molar refractivity (Wildman–Crippen MR) is 46.9 cm³/mol. The fourth-order valence-corrected chi connectivity index (χ4v) is 1.81. The highest BCUT2D eigenvalue weighted by Gasteiger charge is 2.42. The maximum Gasteiger partial charge on any atom is 0.106 e. The van der Waals surface area contributed by atoms with Gasteiger partial charge in [-0.15, -0.1) is 0 Å². The average molecular weight is 176 g/mol. The van der Waals surface area contributed by atoms with Crippen molar-refractivity contribution in [2.75, 3.05) is 0 Å². The van der Waals surface area contributed by atoms with Gasteiger partial charge in [0.1, 0.15) is 11.1 Å². The lowest BCUT2D eigenvalue weighted by atomic mass is 9.67. The van der Waals surface area contributed by atoms with E-state index < -0.39 is 0 Å². The van der Waals surface area contributed by atoms with Crippen molar-refractivity contribution in [2.45, 2.75) is 38.0 Å². The van der Waals surface area contributed by atoms with E-state index >= 15 is 0 Å². The van der Waals surface area contributed by atoms with Crippen LogP contribution in [0.4, 0.5) is 0 Å². The third-order valence-electron chi connectivity index (χ3n) is 2.83. The van der Waals surface area contributed by atoms with Gasteiger partial charge in [0, 0.05) is 0 Å². The van der Waals surface area contributed by atoms with Crippen LogP contribution in [-0.2, 0) is 11.8 Å². The summed E-state index contributed by atoms with van der Waals surface area (Å²) in [5.41, 5.74) is 1.50. The van der Waals surface area contributed by atoms with Crippen LogP contribution in [0.25, 0.3) is 0 Å². The minimum absolute atomic E-state index is 0.321. The van der Waals surface area contributed by atoms with Gasteiger partial charge in [0.2, 0.25) is 0 Å². The maximum absolute atomic E-state index is 9.10. The van der Waals surface area contributed by atoms with Crippen LogP contribution < -0.4 is 0 Å². The number of nitriles is 1. The van der Waals surface area contributed by atoms with E-state index in [1.165, 1.54) is 0 Å². The fraction of sp³-hybridized carbons (Fsp3) is 0.667. The summed E-state index contributed by atoms with van der Waals surface area (Å²) in [5, 5.41) is 19.8. The lowest BCUT2D eigenvalue weighted by Gasteiger charge is -2.33. The van der Waals surface area contributed by atoms with E-state index in [2.05, 4.69) is 21.5 Å². The Morgan fingerprint density at radius 2 is 2.31 bits per heavy atom. The van der Waals surface area contributed by atoms with E-state index in [0.717, 1.165) is 37.1 Å². The van der Waals surface area contributed by atoms with E-state index in [1.54, 1.807) is 0 Å². The summed E-state index contributed by atoms with van der Waals surface area (Å²) < 4.78 is 0. The average Bonchev–Trinajstić information content (AvgIpc) is 2.52. The van der Waals surface area contributed by atoms with Crippen LogP contribution in [0.5, 0.6) is 0 Å². The van der Waals surface area contributed by atoms with Gasteiger partial charge in [0.15, 0.2) is 0 Å². The molecular formula is C9H12N4. The van der Waals surface area contributed by atoms with Crippen LogP contribution in [0.3, 0.4) is 0 Å². The molecule has 4 nitrogen and oxygen atoms in total. The number of aromatic nitrogens is 3. The number of hydrogen-bond donors (Lipinski definition) is 1. The van der Waals surface area contributed by atoms with Crippen molar-refractivity contribution in [1.82, 2.24) is 15.4 Å². The van der Waals surface area contributed by atoms with Crippen molar-refractivity contribution in [1.29, 1.82) is 5.26 Å². The number of aromatic amines is 1. The largest absolute Gasteiger partial charge is 0.197 e. The maximum atomic E-state index is 9.10. The van der Waals surface area contributed by atoms with E-state index in [4.69, 9.17) is 5.26 Å². The minimum Gasteiger partial charge on any atom is -0.197 e. The molecule has 0 aliphatic heterocycles. The summed E-state index contributed by atoms with van der Waals surface area (Å²) in [6.07, 6.45) is 3.84. The minimum atomic E-state index is -0.321. The van der Waals surface area contributed by atoms with Gasteiger partial charge in [-0.2, -0.15) is 20.7 Å². The first-order valence-corrected chi connectivity index (χ1v) is 4.64. The number of nitrogens with one attached hydrogen (secondary N) is 1. The Labute approximate surface area is 77.0 Å². The Balaban J connectivity index is 2.39. The summed E-state index contributed by atoms with van der Waals surface area (Å²) in [4.78, 5) is 0. The predicted octanol–water partition coefficient (Wildman–Crippen LogP) is 1.31. The highest BCUT2D eigenvalue weighted by Crippen LogP contribution is 2.43. The van der Waals surface area contributed by atoms with Gasteiger partial charge in [-0.1, -0.05) is 6.92 Å². The molecule has 1 heterocycles. The molecule has 2 rings (SSSR count). The topological polar surface area (TPSA) is 65.4 Å². The molecule has 1 fully saturated rings. The van der Waals surface area contributed by atoms with E-state index in [-0.39, 0.29) is 5.41 Å². The number of H-pyrrole nitrogens is 1. The second kappa shape index (κ2) is 2.84. The van der Waals surface area contributed by atoms with Gasteiger partial charge >= 0.3 is 0 Å². The zero-order chi connectivity index (χ0) is 9.31. The highest BCUT2D eigenvalue weighted by atomic mass is 15.3.